The highest BCUT2D eigenvalue weighted by molar-refractivity contribution is 6.08. The summed E-state index contributed by atoms with van der Waals surface area (Å²) < 4.78 is 11.3. The van der Waals surface area contributed by atoms with Crippen LogP contribution in [0.15, 0.2) is 16.9 Å². The van der Waals surface area contributed by atoms with Gasteiger partial charge in [-0.3, -0.25) is 4.79 Å². The molecule has 2 rings (SSSR count). The summed E-state index contributed by atoms with van der Waals surface area (Å²) in [6.07, 6.45) is 1.37. The van der Waals surface area contributed by atoms with Crippen molar-refractivity contribution in [2.75, 3.05) is 11.9 Å². The summed E-state index contributed by atoms with van der Waals surface area (Å²) >= 11 is 0. The number of carbonyl (C=O) groups excluding carboxylic acids is 2. The van der Waals surface area contributed by atoms with Gasteiger partial charge < -0.3 is 19.1 Å². The van der Waals surface area contributed by atoms with Crippen molar-refractivity contribution >= 4 is 17.7 Å². The molecule has 0 aliphatic rings. The zero-order valence-corrected chi connectivity index (χ0v) is 12.4. The van der Waals surface area contributed by atoms with Crippen LogP contribution in [0.3, 0.4) is 0 Å². The molecule has 0 aromatic carbocycles. The molecule has 0 unspecified atom stereocenters. The van der Waals surface area contributed by atoms with E-state index in [9.17, 15) is 9.59 Å². The number of anilines is 1. The lowest BCUT2D eigenvalue weighted by atomic mass is 10.1. The highest BCUT2D eigenvalue weighted by Crippen LogP contribution is 2.23. The Labute approximate surface area is 121 Å². The van der Waals surface area contributed by atoms with Gasteiger partial charge in [-0.05, 0) is 26.3 Å². The van der Waals surface area contributed by atoms with E-state index < -0.39 is 5.97 Å². The average molecular weight is 291 g/mol. The standard InChI is InChI=1S/C14H17N3O4/c1-5-20-14(19)12-8(2)11(9(3)17(12)4)13(18)15-10-6-7-21-16-10/h6-7H,5H2,1-4H3,(H,15,16,18). The molecule has 0 atom stereocenters. The first-order valence-electron chi connectivity index (χ1n) is 6.52. The molecule has 2 aromatic rings. The van der Waals surface area contributed by atoms with Gasteiger partial charge in [0, 0.05) is 18.8 Å². The molecule has 1 N–H and O–H groups in total. The molecular weight excluding hydrogens is 274 g/mol. The van der Waals surface area contributed by atoms with Crippen molar-refractivity contribution in [2.45, 2.75) is 20.8 Å². The second-order valence-corrected chi connectivity index (χ2v) is 4.55. The van der Waals surface area contributed by atoms with Crippen molar-refractivity contribution in [3.8, 4) is 0 Å². The fourth-order valence-corrected chi connectivity index (χ4v) is 2.26. The largest absolute Gasteiger partial charge is 0.461 e. The van der Waals surface area contributed by atoms with Crippen molar-refractivity contribution in [1.29, 1.82) is 0 Å². The van der Waals surface area contributed by atoms with E-state index in [1.54, 1.807) is 32.4 Å². The first-order valence-corrected chi connectivity index (χ1v) is 6.52. The van der Waals surface area contributed by atoms with E-state index in [4.69, 9.17) is 4.74 Å². The van der Waals surface area contributed by atoms with Gasteiger partial charge in [-0.25, -0.2) is 4.79 Å². The Kier molecular flexibility index (Phi) is 4.11. The van der Waals surface area contributed by atoms with Crippen LogP contribution in [-0.4, -0.2) is 28.2 Å². The van der Waals surface area contributed by atoms with E-state index in [0.29, 0.717) is 28.3 Å². The summed E-state index contributed by atoms with van der Waals surface area (Å²) in [4.78, 5) is 24.3. The molecule has 2 heterocycles. The zero-order valence-electron chi connectivity index (χ0n) is 12.4. The third kappa shape index (κ3) is 2.67. The third-order valence-electron chi connectivity index (χ3n) is 3.31. The summed E-state index contributed by atoms with van der Waals surface area (Å²) in [5.74, 6) is -0.466. The van der Waals surface area contributed by atoms with Crippen LogP contribution in [0.1, 0.15) is 39.0 Å². The Hall–Kier alpha value is -2.57. The Balaban J connectivity index is 2.38. The van der Waals surface area contributed by atoms with Crippen LogP contribution in [0.5, 0.6) is 0 Å². The maximum Gasteiger partial charge on any atom is 0.355 e. The Bertz CT molecular complexity index is 671. The molecule has 112 valence electrons. The fourth-order valence-electron chi connectivity index (χ4n) is 2.26. The quantitative estimate of drug-likeness (QED) is 0.871. The van der Waals surface area contributed by atoms with Crippen LogP contribution < -0.4 is 5.32 Å². The maximum atomic E-state index is 12.3. The van der Waals surface area contributed by atoms with Gasteiger partial charge in [-0.2, -0.15) is 0 Å². The predicted octanol–water partition coefficient (Wildman–Crippen LogP) is 2.06. The van der Waals surface area contributed by atoms with E-state index in [-0.39, 0.29) is 12.5 Å². The highest BCUT2D eigenvalue weighted by atomic mass is 16.5. The maximum absolute atomic E-state index is 12.3. The van der Waals surface area contributed by atoms with Gasteiger partial charge in [-0.1, -0.05) is 5.16 Å². The average Bonchev–Trinajstić information content (AvgIpc) is 2.98. The molecule has 21 heavy (non-hydrogen) atoms. The number of hydrogen-bond donors (Lipinski definition) is 1. The minimum atomic E-state index is -0.443. The molecule has 0 radical (unpaired) electrons. The number of rotatable bonds is 4. The van der Waals surface area contributed by atoms with Gasteiger partial charge in [0.1, 0.15) is 12.0 Å². The van der Waals surface area contributed by atoms with Crippen LogP contribution in [0.4, 0.5) is 5.82 Å². The van der Waals surface area contributed by atoms with Crippen LogP contribution in [0.25, 0.3) is 0 Å². The molecule has 0 aliphatic heterocycles. The first-order chi connectivity index (χ1) is 9.97. The van der Waals surface area contributed by atoms with Crippen molar-refractivity contribution in [3.05, 3.63) is 34.8 Å². The van der Waals surface area contributed by atoms with Crippen LogP contribution in [0, 0.1) is 13.8 Å². The molecule has 0 saturated heterocycles. The van der Waals surface area contributed by atoms with Gasteiger partial charge >= 0.3 is 5.97 Å². The molecule has 0 aliphatic carbocycles. The van der Waals surface area contributed by atoms with E-state index in [2.05, 4.69) is 15.0 Å². The van der Waals surface area contributed by atoms with Gasteiger partial charge in [-0.15, -0.1) is 0 Å². The molecule has 0 fully saturated rings. The molecule has 0 bridgehead atoms. The van der Waals surface area contributed by atoms with Gasteiger partial charge in [0.15, 0.2) is 5.82 Å². The molecule has 1 amide bonds. The number of esters is 1. The third-order valence-corrected chi connectivity index (χ3v) is 3.31. The van der Waals surface area contributed by atoms with Crippen LogP contribution in [0.2, 0.25) is 0 Å². The minimum Gasteiger partial charge on any atom is -0.461 e. The van der Waals surface area contributed by atoms with Crippen LogP contribution >= 0.6 is 0 Å². The second kappa shape index (κ2) is 5.82. The fraction of sp³-hybridized carbons (Fsp3) is 0.357. The van der Waals surface area contributed by atoms with Crippen LogP contribution in [-0.2, 0) is 11.8 Å². The second-order valence-electron chi connectivity index (χ2n) is 4.55. The normalized spacial score (nSPS) is 10.5. The van der Waals surface area contributed by atoms with Gasteiger partial charge in [0.25, 0.3) is 5.91 Å². The number of ether oxygens (including phenoxy) is 1. The first kappa shape index (κ1) is 14.8. The van der Waals surface area contributed by atoms with E-state index in [1.807, 2.05) is 0 Å². The Morgan fingerprint density at radius 3 is 2.71 bits per heavy atom. The van der Waals surface area contributed by atoms with Crippen molar-refractivity contribution in [3.63, 3.8) is 0 Å². The lowest BCUT2D eigenvalue weighted by Crippen LogP contribution is -2.14. The molecule has 0 saturated carbocycles. The minimum absolute atomic E-state index is 0.281. The van der Waals surface area contributed by atoms with Gasteiger partial charge in [0.2, 0.25) is 0 Å². The van der Waals surface area contributed by atoms with Crippen molar-refractivity contribution in [2.24, 2.45) is 7.05 Å². The highest BCUT2D eigenvalue weighted by Gasteiger charge is 2.25. The number of hydrogen-bond acceptors (Lipinski definition) is 5. The lowest BCUT2D eigenvalue weighted by Gasteiger charge is -2.05. The Morgan fingerprint density at radius 2 is 2.14 bits per heavy atom. The number of nitrogens with one attached hydrogen (secondary N) is 1. The number of aromatic nitrogens is 2. The van der Waals surface area contributed by atoms with E-state index >= 15 is 0 Å². The Morgan fingerprint density at radius 1 is 1.43 bits per heavy atom. The number of amides is 1. The molecule has 7 heteroatoms. The summed E-state index contributed by atoms with van der Waals surface area (Å²) in [7, 11) is 1.72. The summed E-state index contributed by atoms with van der Waals surface area (Å²) in [5, 5.41) is 6.25. The summed E-state index contributed by atoms with van der Waals surface area (Å²) in [6.45, 7) is 5.51. The van der Waals surface area contributed by atoms with Gasteiger partial charge in [0.05, 0.1) is 12.2 Å². The smallest absolute Gasteiger partial charge is 0.355 e. The molecular formula is C14H17N3O4. The van der Waals surface area contributed by atoms with Crippen molar-refractivity contribution < 1.29 is 18.8 Å². The molecule has 0 spiro atoms. The summed E-state index contributed by atoms with van der Waals surface area (Å²) in [6, 6.07) is 1.54. The number of nitrogens with zero attached hydrogens (tertiary/aromatic N) is 2. The SMILES string of the molecule is CCOC(=O)c1c(C)c(C(=O)Nc2ccon2)c(C)n1C. The topological polar surface area (TPSA) is 86.4 Å². The summed E-state index contributed by atoms with van der Waals surface area (Å²) in [5.41, 5.74) is 2.06. The zero-order chi connectivity index (χ0) is 15.6. The lowest BCUT2D eigenvalue weighted by molar-refractivity contribution is 0.0514. The van der Waals surface area contributed by atoms with E-state index in [0.717, 1.165) is 0 Å². The number of carbonyl (C=O) groups is 2. The molecule has 2 aromatic heterocycles. The van der Waals surface area contributed by atoms with E-state index in [1.165, 1.54) is 12.3 Å². The predicted molar refractivity (Wildman–Crippen MR) is 75.3 cm³/mol. The molecule has 7 nitrogen and oxygen atoms in total. The monoisotopic (exact) mass is 291 g/mol. The van der Waals surface area contributed by atoms with Crippen molar-refractivity contribution in [1.82, 2.24) is 9.72 Å².